The largest absolute Gasteiger partial charge is 0.548 e. The summed E-state index contributed by atoms with van der Waals surface area (Å²) in [5.74, 6) is -1.69. The first-order valence-corrected chi connectivity index (χ1v) is 7.69. The summed E-state index contributed by atoms with van der Waals surface area (Å²) in [5.41, 5.74) is 0. The molecule has 2 atom stereocenters. The summed E-state index contributed by atoms with van der Waals surface area (Å²) >= 11 is 0. The van der Waals surface area contributed by atoms with Crippen molar-refractivity contribution >= 4 is 26.8 Å². The van der Waals surface area contributed by atoms with Gasteiger partial charge in [0.1, 0.15) is 0 Å². The Kier molecular flexibility index (Phi) is 4.26. The van der Waals surface area contributed by atoms with Gasteiger partial charge < -0.3 is 15.0 Å². The minimum absolute atomic E-state index is 0.0758. The van der Waals surface area contributed by atoms with E-state index < -0.39 is 28.1 Å². The molecule has 0 heterocycles. The third kappa shape index (κ3) is 3.38. The standard InChI is InChI=1S/C14H15NO5S/c1-9(16)13(14(17)18)15-21(19,20)12-7-6-10-4-2-3-5-11(10)8-12/h2-9,13,15-16H,1H3,(H,17,18)/p-1/t9-,13-/m0/s1. The number of hydrogen-bond acceptors (Lipinski definition) is 5. The fraction of sp³-hybridized carbons (Fsp3) is 0.214. The highest BCUT2D eigenvalue weighted by Gasteiger charge is 2.24. The molecule has 0 saturated heterocycles. The Balaban J connectivity index is 2.39. The predicted octanol–water partition coefficient (Wildman–Crippen LogP) is -0.383. The van der Waals surface area contributed by atoms with Crippen molar-refractivity contribution in [2.75, 3.05) is 0 Å². The van der Waals surface area contributed by atoms with Gasteiger partial charge in [-0.2, -0.15) is 4.72 Å². The van der Waals surface area contributed by atoms with Crippen LogP contribution in [0.25, 0.3) is 10.8 Å². The van der Waals surface area contributed by atoms with E-state index in [2.05, 4.69) is 0 Å². The van der Waals surface area contributed by atoms with E-state index >= 15 is 0 Å². The number of benzene rings is 2. The van der Waals surface area contributed by atoms with E-state index in [4.69, 9.17) is 0 Å². The smallest absolute Gasteiger partial charge is 0.241 e. The second-order valence-electron chi connectivity index (χ2n) is 4.67. The molecule has 2 rings (SSSR count). The van der Waals surface area contributed by atoms with Gasteiger partial charge in [0, 0.05) is 0 Å². The number of carboxylic acids is 1. The van der Waals surface area contributed by atoms with Crippen molar-refractivity contribution in [3.63, 3.8) is 0 Å². The Morgan fingerprint density at radius 3 is 2.38 bits per heavy atom. The van der Waals surface area contributed by atoms with Crippen molar-refractivity contribution in [2.24, 2.45) is 0 Å². The van der Waals surface area contributed by atoms with Crippen LogP contribution in [0.5, 0.6) is 0 Å². The quantitative estimate of drug-likeness (QED) is 0.783. The van der Waals surface area contributed by atoms with Crippen molar-refractivity contribution in [2.45, 2.75) is 24.0 Å². The van der Waals surface area contributed by atoms with Gasteiger partial charge in [0.25, 0.3) is 0 Å². The Labute approximate surface area is 122 Å². The van der Waals surface area contributed by atoms with Gasteiger partial charge in [0.05, 0.1) is 23.0 Å². The zero-order valence-corrected chi connectivity index (χ0v) is 12.0. The summed E-state index contributed by atoms with van der Waals surface area (Å²) in [6.45, 7) is 1.17. The van der Waals surface area contributed by atoms with Gasteiger partial charge in [-0.25, -0.2) is 8.42 Å². The number of aliphatic carboxylic acids is 1. The van der Waals surface area contributed by atoms with Crippen LogP contribution in [0.15, 0.2) is 47.4 Å². The number of sulfonamides is 1. The van der Waals surface area contributed by atoms with Crippen LogP contribution in [0.4, 0.5) is 0 Å². The molecule has 2 N–H and O–H groups in total. The number of fused-ring (bicyclic) bond motifs is 1. The number of nitrogens with one attached hydrogen (secondary N) is 1. The summed E-state index contributed by atoms with van der Waals surface area (Å²) in [4.78, 5) is 10.8. The maximum absolute atomic E-state index is 12.2. The van der Waals surface area contributed by atoms with Gasteiger partial charge in [-0.15, -0.1) is 0 Å². The third-order valence-corrected chi connectivity index (χ3v) is 4.49. The fourth-order valence-corrected chi connectivity index (χ4v) is 3.21. The van der Waals surface area contributed by atoms with E-state index in [1.807, 2.05) is 16.9 Å². The average molecular weight is 308 g/mol. The van der Waals surface area contributed by atoms with E-state index in [-0.39, 0.29) is 4.90 Å². The van der Waals surface area contributed by atoms with Crippen molar-refractivity contribution in [3.05, 3.63) is 42.5 Å². The molecule has 0 amide bonds. The maximum Gasteiger partial charge on any atom is 0.241 e. The molecule has 0 aliphatic rings. The van der Waals surface area contributed by atoms with Gasteiger partial charge in [-0.1, -0.05) is 30.3 Å². The second kappa shape index (κ2) is 5.80. The Hall–Kier alpha value is -1.96. The first kappa shape index (κ1) is 15.4. The van der Waals surface area contributed by atoms with Crippen LogP contribution in [-0.2, 0) is 14.8 Å². The molecule has 0 aliphatic carbocycles. The lowest BCUT2D eigenvalue weighted by molar-refractivity contribution is -0.309. The monoisotopic (exact) mass is 308 g/mol. The molecule has 0 saturated carbocycles. The number of carboxylic acid groups (broad SMARTS) is 1. The number of aliphatic hydroxyl groups excluding tert-OH is 1. The van der Waals surface area contributed by atoms with Gasteiger partial charge in [0.2, 0.25) is 10.0 Å². The lowest BCUT2D eigenvalue weighted by Gasteiger charge is -2.22. The molecule has 112 valence electrons. The van der Waals surface area contributed by atoms with Crippen LogP contribution in [0.1, 0.15) is 6.92 Å². The molecule has 0 spiro atoms. The number of carbonyl (C=O) groups excluding carboxylic acids is 1. The number of carbonyl (C=O) groups is 1. The van der Waals surface area contributed by atoms with Crippen molar-refractivity contribution in [3.8, 4) is 0 Å². The second-order valence-corrected chi connectivity index (χ2v) is 6.38. The van der Waals surface area contributed by atoms with Crippen LogP contribution in [0.2, 0.25) is 0 Å². The molecule has 0 bridgehead atoms. The fourth-order valence-electron chi connectivity index (χ4n) is 1.91. The highest BCUT2D eigenvalue weighted by atomic mass is 32.2. The van der Waals surface area contributed by atoms with Gasteiger partial charge in [-0.3, -0.25) is 0 Å². The minimum Gasteiger partial charge on any atom is -0.548 e. The van der Waals surface area contributed by atoms with E-state index in [1.165, 1.54) is 19.1 Å². The summed E-state index contributed by atoms with van der Waals surface area (Å²) in [6.07, 6.45) is -1.41. The molecule has 0 fully saturated rings. The zero-order valence-electron chi connectivity index (χ0n) is 11.2. The third-order valence-electron chi connectivity index (χ3n) is 3.05. The summed E-state index contributed by atoms with van der Waals surface area (Å²) in [6, 6.07) is 9.91. The van der Waals surface area contributed by atoms with Gasteiger partial charge >= 0.3 is 0 Å². The summed E-state index contributed by atoms with van der Waals surface area (Å²) in [7, 11) is -4.07. The SMILES string of the molecule is C[C@H](O)[C@H](NS(=O)(=O)c1ccc2ccccc2c1)C(=O)[O-]. The Morgan fingerprint density at radius 2 is 1.81 bits per heavy atom. The molecular formula is C14H14NO5S-. The molecule has 6 nitrogen and oxygen atoms in total. The lowest BCUT2D eigenvalue weighted by Crippen LogP contribution is -2.53. The van der Waals surface area contributed by atoms with Gasteiger partial charge in [0.15, 0.2) is 0 Å². The van der Waals surface area contributed by atoms with Crippen molar-refractivity contribution in [1.82, 2.24) is 4.72 Å². The molecule has 0 aliphatic heterocycles. The molecule has 0 unspecified atom stereocenters. The summed E-state index contributed by atoms with van der Waals surface area (Å²) < 4.78 is 26.3. The first-order chi connectivity index (χ1) is 9.81. The molecule has 0 radical (unpaired) electrons. The Morgan fingerprint density at radius 1 is 1.19 bits per heavy atom. The molecule has 21 heavy (non-hydrogen) atoms. The highest BCUT2D eigenvalue weighted by molar-refractivity contribution is 7.89. The molecule has 2 aromatic rings. The zero-order chi connectivity index (χ0) is 15.6. The highest BCUT2D eigenvalue weighted by Crippen LogP contribution is 2.19. The molecule has 0 aromatic heterocycles. The summed E-state index contributed by atoms with van der Waals surface area (Å²) in [5, 5.41) is 21.8. The van der Waals surface area contributed by atoms with E-state index in [9.17, 15) is 23.4 Å². The minimum atomic E-state index is -4.07. The van der Waals surface area contributed by atoms with E-state index in [0.29, 0.717) is 5.39 Å². The Bertz CT molecular complexity index is 770. The number of rotatable bonds is 5. The lowest BCUT2D eigenvalue weighted by atomic mass is 10.1. The van der Waals surface area contributed by atoms with E-state index in [0.717, 1.165) is 5.39 Å². The molecule has 7 heteroatoms. The average Bonchev–Trinajstić information content (AvgIpc) is 2.43. The molecular weight excluding hydrogens is 294 g/mol. The predicted molar refractivity (Wildman–Crippen MR) is 74.7 cm³/mol. The maximum atomic E-state index is 12.2. The number of aliphatic hydroxyl groups is 1. The van der Waals surface area contributed by atoms with E-state index in [1.54, 1.807) is 18.2 Å². The van der Waals surface area contributed by atoms with Crippen LogP contribution in [0.3, 0.4) is 0 Å². The van der Waals surface area contributed by atoms with Gasteiger partial charge in [-0.05, 0) is 29.8 Å². The van der Waals surface area contributed by atoms with Crippen LogP contribution in [0, 0.1) is 0 Å². The van der Waals surface area contributed by atoms with Crippen molar-refractivity contribution < 1.29 is 23.4 Å². The topological polar surface area (TPSA) is 107 Å². The molecule has 2 aromatic carbocycles. The number of hydrogen-bond donors (Lipinski definition) is 2. The van der Waals surface area contributed by atoms with Crippen LogP contribution < -0.4 is 9.83 Å². The van der Waals surface area contributed by atoms with Crippen LogP contribution >= 0.6 is 0 Å². The first-order valence-electron chi connectivity index (χ1n) is 6.21. The van der Waals surface area contributed by atoms with Crippen LogP contribution in [-0.4, -0.2) is 31.6 Å². The van der Waals surface area contributed by atoms with Crippen molar-refractivity contribution in [1.29, 1.82) is 0 Å². The normalized spacial score (nSPS) is 14.8.